The smallest absolute Gasteiger partial charge is 0.240 e. The molecular weight excluding hydrogens is 347 g/mol. The van der Waals surface area contributed by atoms with E-state index in [0.29, 0.717) is 10.0 Å². The van der Waals surface area contributed by atoms with Crippen LogP contribution >= 0.6 is 23.2 Å². The molecule has 0 saturated heterocycles. The first kappa shape index (κ1) is 19.1. The summed E-state index contributed by atoms with van der Waals surface area (Å²) in [6.45, 7) is 5.47. The van der Waals surface area contributed by atoms with Gasteiger partial charge in [0, 0.05) is 16.1 Å². The highest BCUT2D eigenvalue weighted by Crippen LogP contribution is 2.26. The van der Waals surface area contributed by atoms with Crippen molar-refractivity contribution in [1.29, 1.82) is 0 Å². The minimum Gasteiger partial charge on any atom is -0.352 e. The quantitative estimate of drug-likeness (QED) is 0.841. The van der Waals surface area contributed by atoms with Gasteiger partial charge in [0.2, 0.25) is 15.9 Å². The first-order valence-corrected chi connectivity index (χ1v) is 9.34. The molecule has 0 aliphatic heterocycles. The molecule has 5 nitrogen and oxygen atoms in total. The Bertz CT molecular complexity index is 627. The van der Waals surface area contributed by atoms with Crippen LogP contribution in [-0.4, -0.2) is 33.2 Å². The molecule has 1 N–H and O–H groups in total. The van der Waals surface area contributed by atoms with E-state index in [1.165, 1.54) is 18.2 Å². The van der Waals surface area contributed by atoms with Gasteiger partial charge in [-0.05, 0) is 31.0 Å². The Morgan fingerprint density at radius 2 is 1.68 bits per heavy atom. The number of halogens is 2. The van der Waals surface area contributed by atoms with Crippen LogP contribution in [0.25, 0.3) is 0 Å². The highest BCUT2D eigenvalue weighted by atomic mass is 35.5. The predicted octanol–water partition coefficient (Wildman–Crippen LogP) is 2.92. The van der Waals surface area contributed by atoms with Crippen LogP contribution in [0.1, 0.15) is 20.8 Å². The predicted molar refractivity (Wildman–Crippen MR) is 91.1 cm³/mol. The maximum Gasteiger partial charge on any atom is 0.240 e. The summed E-state index contributed by atoms with van der Waals surface area (Å²) in [5, 5.41) is 3.37. The Morgan fingerprint density at radius 3 is 2.09 bits per heavy atom. The third-order valence-electron chi connectivity index (χ3n) is 3.21. The van der Waals surface area contributed by atoms with Crippen molar-refractivity contribution in [3.63, 3.8) is 0 Å². The average Bonchev–Trinajstić information content (AvgIpc) is 2.33. The average molecular weight is 367 g/mol. The first-order chi connectivity index (χ1) is 10.0. The fraction of sp³-hybridized carbons (Fsp3) is 0.500. The van der Waals surface area contributed by atoms with Gasteiger partial charge in [0.15, 0.2) is 0 Å². The third-order valence-corrected chi connectivity index (χ3v) is 4.79. The molecule has 0 heterocycles. The second-order valence-electron chi connectivity index (χ2n) is 5.50. The Labute approximate surface area is 141 Å². The molecule has 1 amide bonds. The number of nitrogens with one attached hydrogen (secondary N) is 1. The zero-order valence-corrected chi connectivity index (χ0v) is 15.3. The molecule has 0 fully saturated rings. The van der Waals surface area contributed by atoms with Gasteiger partial charge in [-0.3, -0.25) is 9.10 Å². The van der Waals surface area contributed by atoms with Crippen molar-refractivity contribution in [2.75, 3.05) is 17.1 Å². The van der Waals surface area contributed by atoms with E-state index in [4.69, 9.17) is 23.2 Å². The topological polar surface area (TPSA) is 66.5 Å². The Balaban J connectivity index is 3.03. The van der Waals surface area contributed by atoms with E-state index in [9.17, 15) is 13.2 Å². The van der Waals surface area contributed by atoms with Crippen LogP contribution in [0.2, 0.25) is 10.0 Å². The highest BCUT2D eigenvalue weighted by molar-refractivity contribution is 7.92. The summed E-state index contributed by atoms with van der Waals surface area (Å²) in [6.07, 6.45) is 1.03. The van der Waals surface area contributed by atoms with Gasteiger partial charge < -0.3 is 5.32 Å². The lowest BCUT2D eigenvalue weighted by Crippen LogP contribution is -2.44. The molecule has 22 heavy (non-hydrogen) atoms. The number of anilines is 1. The lowest BCUT2D eigenvalue weighted by Gasteiger charge is -2.24. The van der Waals surface area contributed by atoms with Gasteiger partial charge in [0.1, 0.15) is 6.54 Å². The molecule has 0 aliphatic rings. The summed E-state index contributed by atoms with van der Waals surface area (Å²) in [5.41, 5.74) is 0.257. The molecule has 1 aromatic rings. The minimum atomic E-state index is -3.65. The van der Waals surface area contributed by atoms with Crippen molar-refractivity contribution in [1.82, 2.24) is 5.32 Å². The Morgan fingerprint density at radius 1 is 1.18 bits per heavy atom. The number of nitrogens with zero attached hydrogens (tertiary/aromatic N) is 1. The molecule has 8 heteroatoms. The summed E-state index contributed by atoms with van der Waals surface area (Å²) in [6, 6.07) is 4.34. The van der Waals surface area contributed by atoms with Crippen LogP contribution < -0.4 is 9.62 Å². The number of carbonyl (C=O) groups excluding carboxylic acids is 1. The van der Waals surface area contributed by atoms with E-state index in [-0.39, 0.29) is 30.1 Å². The van der Waals surface area contributed by atoms with Gasteiger partial charge >= 0.3 is 0 Å². The van der Waals surface area contributed by atoms with Crippen molar-refractivity contribution in [2.45, 2.75) is 26.8 Å². The van der Waals surface area contributed by atoms with Crippen LogP contribution in [0, 0.1) is 5.92 Å². The summed E-state index contributed by atoms with van der Waals surface area (Å²) >= 11 is 11.8. The molecule has 0 aliphatic carbocycles. The number of amides is 1. The van der Waals surface area contributed by atoms with Crippen molar-refractivity contribution in [2.24, 2.45) is 5.92 Å². The second kappa shape index (κ2) is 7.53. The lowest BCUT2D eigenvalue weighted by molar-refractivity contribution is -0.120. The van der Waals surface area contributed by atoms with E-state index in [0.717, 1.165) is 10.6 Å². The van der Waals surface area contributed by atoms with Crippen LogP contribution in [0.4, 0.5) is 5.69 Å². The van der Waals surface area contributed by atoms with Gasteiger partial charge in [-0.1, -0.05) is 37.0 Å². The maximum atomic E-state index is 12.1. The largest absolute Gasteiger partial charge is 0.352 e. The molecule has 0 bridgehead atoms. The van der Waals surface area contributed by atoms with Crippen LogP contribution in [0.3, 0.4) is 0 Å². The zero-order chi connectivity index (χ0) is 17.1. The fourth-order valence-electron chi connectivity index (χ4n) is 1.68. The van der Waals surface area contributed by atoms with Gasteiger partial charge in [0.05, 0.1) is 11.9 Å². The Kier molecular flexibility index (Phi) is 6.52. The van der Waals surface area contributed by atoms with Crippen molar-refractivity contribution in [3.05, 3.63) is 28.2 Å². The fourth-order valence-corrected chi connectivity index (χ4v) is 3.03. The van der Waals surface area contributed by atoms with Gasteiger partial charge in [-0.2, -0.15) is 0 Å². The number of carbonyl (C=O) groups is 1. The minimum absolute atomic E-state index is 0.0585. The van der Waals surface area contributed by atoms with E-state index < -0.39 is 10.0 Å². The van der Waals surface area contributed by atoms with E-state index in [2.05, 4.69) is 5.32 Å². The van der Waals surface area contributed by atoms with Crippen molar-refractivity contribution < 1.29 is 13.2 Å². The van der Waals surface area contributed by atoms with Gasteiger partial charge in [-0.15, -0.1) is 0 Å². The number of hydrogen-bond acceptors (Lipinski definition) is 3. The van der Waals surface area contributed by atoms with E-state index in [1.54, 1.807) is 0 Å². The van der Waals surface area contributed by atoms with Gasteiger partial charge in [-0.25, -0.2) is 8.42 Å². The molecule has 1 atom stereocenters. The molecule has 0 saturated carbocycles. The number of sulfonamides is 1. The molecule has 1 rings (SSSR count). The summed E-state index contributed by atoms with van der Waals surface area (Å²) in [7, 11) is -3.65. The molecule has 124 valence electrons. The normalized spacial score (nSPS) is 13.0. The number of hydrogen-bond donors (Lipinski definition) is 1. The summed E-state index contributed by atoms with van der Waals surface area (Å²) < 4.78 is 24.9. The van der Waals surface area contributed by atoms with Crippen molar-refractivity contribution in [3.8, 4) is 0 Å². The number of benzene rings is 1. The van der Waals surface area contributed by atoms with E-state index >= 15 is 0 Å². The Hall–Kier alpha value is -0.980. The second-order valence-corrected chi connectivity index (χ2v) is 8.28. The van der Waals surface area contributed by atoms with Gasteiger partial charge in [0.25, 0.3) is 0 Å². The maximum absolute atomic E-state index is 12.1. The molecule has 0 spiro atoms. The molecule has 1 aromatic carbocycles. The monoisotopic (exact) mass is 366 g/mol. The number of rotatable bonds is 6. The molecule has 0 radical (unpaired) electrons. The third kappa shape index (κ3) is 5.66. The molecule has 0 aromatic heterocycles. The van der Waals surface area contributed by atoms with Crippen LogP contribution in [-0.2, 0) is 14.8 Å². The standard InChI is InChI=1S/C14H20Cl2N2O3S/c1-9(2)10(3)17-14(19)8-18(22(4,20)21)13-6-11(15)5-12(16)7-13/h5-7,9-10H,8H2,1-4H3,(H,17,19)/t10-/m0/s1. The summed E-state index contributed by atoms with van der Waals surface area (Å²) in [5.74, 6) is -0.140. The first-order valence-electron chi connectivity index (χ1n) is 6.74. The highest BCUT2D eigenvalue weighted by Gasteiger charge is 2.22. The van der Waals surface area contributed by atoms with Crippen LogP contribution in [0.15, 0.2) is 18.2 Å². The zero-order valence-electron chi connectivity index (χ0n) is 12.9. The lowest BCUT2D eigenvalue weighted by atomic mass is 10.1. The molecule has 0 unspecified atom stereocenters. The SMILES string of the molecule is CC(C)[C@H](C)NC(=O)CN(c1cc(Cl)cc(Cl)c1)S(C)(=O)=O. The molecular formula is C14H20Cl2N2O3S. The van der Waals surface area contributed by atoms with Crippen LogP contribution in [0.5, 0.6) is 0 Å². The van der Waals surface area contributed by atoms with E-state index in [1.807, 2.05) is 20.8 Å². The van der Waals surface area contributed by atoms with Crippen molar-refractivity contribution >= 4 is 44.8 Å². The summed E-state index contributed by atoms with van der Waals surface area (Å²) in [4.78, 5) is 12.1.